The zero-order chi connectivity index (χ0) is 17.2. The molecule has 22 heavy (non-hydrogen) atoms. The zero-order valence-corrected chi connectivity index (χ0v) is 14.9. The summed E-state index contributed by atoms with van der Waals surface area (Å²) in [5, 5.41) is 0. The summed E-state index contributed by atoms with van der Waals surface area (Å²) in [6.07, 6.45) is 1.78. The summed E-state index contributed by atoms with van der Waals surface area (Å²) >= 11 is 0. The Labute approximate surface area is 134 Å². The Morgan fingerprint density at radius 2 is 1.59 bits per heavy atom. The van der Waals surface area contributed by atoms with Gasteiger partial charge >= 0.3 is 12.1 Å². The molecule has 130 valence electrons. The summed E-state index contributed by atoms with van der Waals surface area (Å²) in [4.78, 5) is 24.3. The first-order chi connectivity index (χ1) is 10.3. The van der Waals surface area contributed by atoms with Crippen molar-refractivity contribution in [2.45, 2.75) is 73.3 Å². The highest BCUT2D eigenvalue weighted by molar-refractivity contribution is 5.78. The minimum atomic E-state index is -0.813. The first kappa shape index (κ1) is 20.7. The van der Waals surface area contributed by atoms with Crippen molar-refractivity contribution >= 4 is 12.1 Å². The molecule has 0 aliphatic rings. The highest BCUT2D eigenvalue weighted by Crippen LogP contribution is 2.39. The molecular formula is C17H32O5. The van der Waals surface area contributed by atoms with E-state index >= 15 is 0 Å². The van der Waals surface area contributed by atoms with E-state index in [0.717, 1.165) is 12.8 Å². The molecule has 0 bridgehead atoms. The van der Waals surface area contributed by atoms with Crippen LogP contribution in [0, 0.1) is 11.3 Å². The maximum atomic E-state index is 12.6. The first-order valence-electron chi connectivity index (χ1n) is 8.34. The third-order valence-corrected chi connectivity index (χ3v) is 3.74. The SMILES string of the molecule is CCCCC(CC(C)C)(C(=O)OCC)C(C)OC(=O)OCC. The van der Waals surface area contributed by atoms with Crippen LogP contribution in [-0.4, -0.2) is 31.4 Å². The molecule has 0 radical (unpaired) electrons. The minimum Gasteiger partial charge on any atom is -0.465 e. The Morgan fingerprint density at radius 1 is 1.00 bits per heavy atom. The summed E-state index contributed by atoms with van der Waals surface area (Å²) in [5.41, 5.74) is -0.813. The predicted molar refractivity (Wildman–Crippen MR) is 85.6 cm³/mol. The molecule has 0 heterocycles. The second kappa shape index (κ2) is 10.5. The highest BCUT2D eigenvalue weighted by atomic mass is 16.7. The molecule has 0 saturated carbocycles. The lowest BCUT2D eigenvalue weighted by atomic mass is 9.72. The van der Waals surface area contributed by atoms with Crippen molar-refractivity contribution in [1.82, 2.24) is 0 Å². The molecule has 0 fully saturated rings. The van der Waals surface area contributed by atoms with Gasteiger partial charge < -0.3 is 14.2 Å². The van der Waals surface area contributed by atoms with Crippen LogP contribution in [0.3, 0.4) is 0 Å². The van der Waals surface area contributed by atoms with Crippen molar-refractivity contribution in [3.05, 3.63) is 0 Å². The smallest absolute Gasteiger partial charge is 0.465 e. The minimum absolute atomic E-state index is 0.247. The lowest BCUT2D eigenvalue weighted by molar-refractivity contribution is -0.166. The van der Waals surface area contributed by atoms with Crippen molar-refractivity contribution in [2.24, 2.45) is 11.3 Å². The molecule has 2 unspecified atom stereocenters. The Morgan fingerprint density at radius 3 is 2.05 bits per heavy atom. The van der Waals surface area contributed by atoms with Gasteiger partial charge in [-0.15, -0.1) is 0 Å². The van der Waals surface area contributed by atoms with Crippen molar-refractivity contribution in [3.8, 4) is 0 Å². The fourth-order valence-electron chi connectivity index (χ4n) is 2.73. The number of rotatable bonds is 10. The summed E-state index contributed by atoms with van der Waals surface area (Å²) in [5.74, 6) is 0.00320. The fourth-order valence-corrected chi connectivity index (χ4v) is 2.73. The predicted octanol–water partition coefficient (Wildman–Crippen LogP) is 4.33. The Balaban J connectivity index is 5.37. The molecule has 0 rings (SSSR count). The van der Waals surface area contributed by atoms with E-state index in [2.05, 4.69) is 20.8 Å². The molecule has 0 aliphatic carbocycles. The Kier molecular flexibility index (Phi) is 9.86. The average Bonchev–Trinajstić information content (AvgIpc) is 2.43. The fraction of sp³-hybridized carbons (Fsp3) is 0.882. The van der Waals surface area contributed by atoms with E-state index in [4.69, 9.17) is 14.2 Å². The van der Waals surface area contributed by atoms with Gasteiger partial charge in [0.05, 0.1) is 13.2 Å². The van der Waals surface area contributed by atoms with Crippen molar-refractivity contribution < 1.29 is 23.8 Å². The molecule has 0 aromatic heterocycles. The molecule has 0 saturated heterocycles. The van der Waals surface area contributed by atoms with Gasteiger partial charge in [0, 0.05) is 0 Å². The van der Waals surface area contributed by atoms with E-state index in [1.54, 1.807) is 20.8 Å². The number of esters is 1. The molecule has 5 heteroatoms. The van der Waals surface area contributed by atoms with Gasteiger partial charge in [-0.25, -0.2) is 4.79 Å². The summed E-state index contributed by atoms with van der Waals surface area (Å²) in [6.45, 7) is 12.0. The molecule has 2 atom stereocenters. The van der Waals surface area contributed by atoms with Crippen LogP contribution in [0.15, 0.2) is 0 Å². The molecule has 0 N–H and O–H groups in total. The van der Waals surface area contributed by atoms with Crippen molar-refractivity contribution in [1.29, 1.82) is 0 Å². The number of carbonyl (C=O) groups excluding carboxylic acids is 2. The molecular weight excluding hydrogens is 284 g/mol. The van der Waals surface area contributed by atoms with Crippen LogP contribution in [0.25, 0.3) is 0 Å². The standard InChI is InChI=1S/C17H32O5/c1-7-10-11-17(12-13(4)5,15(18)20-8-2)14(6)22-16(19)21-9-3/h13-14H,7-12H2,1-6H3. The quantitative estimate of drug-likeness (QED) is 0.561. The zero-order valence-electron chi connectivity index (χ0n) is 14.9. The van der Waals surface area contributed by atoms with Crippen LogP contribution in [0.5, 0.6) is 0 Å². The molecule has 0 aromatic carbocycles. The van der Waals surface area contributed by atoms with E-state index in [1.807, 2.05) is 0 Å². The van der Waals surface area contributed by atoms with Gasteiger partial charge in [0.1, 0.15) is 11.5 Å². The van der Waals surface area contributed by atoms with E-state index in [9.17, 15) is 9.59 Å². The normalized spacial score (nSPS) is 15.0. The largest absolute Gasteiger partial charge is 0.508 e. The van der Waals surface area contributed by atoms with Crippen molar-refractivity contribution in [3.63, 3.8) is 0 Å². The number of hydrogen-bond donors (Lipinski definition) is 0. The molecule has 5 nitrogen and oxygen atoms in total. The van der Waals surface area contributed by atoms with Crippen LogP contribution in [-0.2, 0) is 19.0 Å². The molecule has 0 aromatic rings. The molecule has 0 amide bonds. The summed E-state index contributed by atoms with van der Waals surface area (Å²) < 4.78 is 15.5. The maximum Gasteiger partial charge on any atom is 0.508 e. The third kappa shape index (κ3) is 6.24. The van der Waals surface area contributed by atoms with Gasteiger partial charge in [-0.2, -0.15) is 0 Å². The monoisotopic (exact) mass is 316 g/mol. The average molecular weight is 316 g/mol. The highest BCUT2D eigenvalue weighted by Gasteiger charge is 2.47. The summed E-state index contributed by atoms with van der Waals surface area (Å²) in [7, 11) is 0. The number of ether oxygens (including phenoxy) is 3. The number of carbonyl (C=O) groups is 2. The van der Waals surface area contributed by atoms with Gasteiger partial charge in [-0.3, -0.25) is 4.79 Å². The van der Waals surface area contributed by atoms with E-state index < -0.39 is 17.7 Å². The van der Waals surface area contributed by atoms with E-state index in [1.165, 1.54) is 0 Å². The van der Waals surface area contributed by atoms with Crippen LogP contribution in [0.2, 0.25) is 0 Å². The van der Waals surface area contributed by atoms with E-state index in [0.29, 0.717) is 19.4 Å². The van der Waals surface area contributed by atoms with Gasteiger partial charge in [-0.05, 0) is 39.5 Å². The third-order valence-electron chi connectivity index (χ3n) is 3.74. The van der Waals surface area contributed by atoms with Gasteiger partial charge in [0.15, 0.2) is 0 Å². The van der Waals surface area contributed by atoms with Crippen molar-refractivity contribution in [2.75, 3.05) is 13.2 Å². The number of hydrogen-bond acceptors (Lipinski definition) is 5. The van der Waals surface area contributed by atoms with Crippen LogP contribution < -0.4 is 0 Å². The summed E-state index contributed by atoms with van der Waals surface area (Å²) in [6, 6.07) is 0. The van der Waals surface area contributed by atoms with Gasteiger partial charge in [0.25, 0.3) is 0 Å². The van der Waals surface area contributed by atoms with E-state index in [-0.39, 0.29) is 18.5 Å². The Hall–Kier alpha value is -1.26. The molecule has 0 spiro atoms. The van der Waals surface area contributed by atoms with Crippen LogP contribution >= 0.6 is 0 Å². The number of unbranched alkanes of at least 4 members (excludes halogenated alkanes) is 1. The van der Waals surface area contributed by atoms with Gasteiger partial charge in [0.2, 0.25) is 0 Å². The lowest BCUT2D eigenvalue weighted by Crippen LogP contribution is -2.45. The second-order valence-corrected chi connectivity index (χ2v) is 6.02. The Bertz CT molecular complexity index is 340. The second-order valence-electron chi connectivity index (χ2n) is 6.02. The van der Waals surface area contributed by atoms with Gasteiger partial charge in [-0.1, -0.05) is 33.6 Å². The maximum absolute atomic E-state index is 12.6. The first-order valence-corrected chi connectivity index (χ1v) is 8.34. The van der Waals surface area contributed by atoms with Crippen LogP contribution in [0.1, 0.15) is 67.2 Å². The topological polar surface area (TPSA) is 61.8 Å². The van der Waals surface area contributed by atoms with Crippen LogP contribution in [0.4, 0.5) is 4.79 Å². The lowest BCUT2D eigenvalue weighted by Gasteiger charge is -2.37. The molecule has 0 aliphatic heterocycles.